The Bertz CT molecular complexity index is 1510. The first-order valence-corrected chi connectivity index (χ1v) is 16.2. The number of nitrogens with zero attached hydrogens (tertiary/aromatic N) is 6. The third-order valence-electron chi connectivity index (χ3n) is 10.9. The number of piperazine rings is 1. The molecule has 224 valence electrons. The lowest BCUT2D eigenvalue weighted by Gasteiger charge is -2.61. The average molecular weight is 578 g/mol. The van der Waals surface area contributed by atoms with Crippen LogP contribution in [0.4, 0.5) is 33.6 Å². The minimum absolute atomic E-state index is 0.0718. The van der Waals surface area contributed by atoms with Crippen LogP contribution in [-0.2, 0) is 6.54 Å². The minimum Gasteiger partial charge on any atom is -0.369 e. The van der Waals surface area contributed by atoms with Gasteiger partial charge in [0.1, 0.15) is 5.82 Å². The molecule has 8 heteroatoms. The Morgan fingerprint density at radius 3 is 2.21 bits per heavy atom. The predicted molar refractivity (Wildman–Crippen MR) is 172 cm³/mol. The molecule has 2 aromatic carbocycles. The smallest absolute Gasteiger partial charge is 0.331 e. The third-order valence-corrected chi connectivity index (χ3v) is 10.9. The molecule has 1 saturated heterocycles. The minimum atomic E-state index is -0.159. The van der Waals surface area contributed by atoms with Crippen LogP contribution < -0.4 is 20.0 Å². The number of hydrogen-bond acceptors (Lipinski definition) is 6. The van der Waals surface area contributed by atoms with Crippen molar-refractivity contribution in [2.45, 2.75) is 64.5 Å². The van der Waals surface area contributed by atoms with Gasteiger partial charge in [0.15, 0.2) is 0 Å². The third kappa shape index (κ3) is 4.74. The fourth-order valence-corrected chi connectivity index (χ4v) is 9.22. The number of fused-ring (bicyclic) bond motifs is 1. The zero-order valence-corrected chi connectivity index (χ0v) is 25.7. The molecule has 43 heavy (non-hydrogen) atoms. The largest absolute Gasteiger partial charge is 0.369 e. The van der Waals surface area contributed by atoms with Crippen LogP contribution in [0, 0.1) is 31.6 Å². The number of amides is 2. The Kier molecular flexibility index (Phi) is 6.40. The number of aromatic nitrogens is 2. The number of carbonyl (C=O) groups excluding carboxylic acids is 1. The molecule has 0 radical (unpaired) electrons. The van der Waals surface area contributed by atoms with Gasteiger partial charge in [-0.15, -0.1) is 0 Å². The summed E-state index contributed by atoms with van der Waals surface area (Å²) in [6.07, 6.45) is 9.20. The Morgan fingerprint density at radius 2 is 1.56 bits per heavy atom. The van der Waals surface area contributed by atoms with Crippen LogP contribution in [0.15, 0.2) is 48.7 Å². The monoisotopic (exact) mass is 577 g/mol. The Balaban J connectivity index is 1.13. The molecule has 1 N–H and O–H groups in total. The highest BCUT2D eigenvalue weighted by Crippen LogP contribution is 2.59. The van der Waals surface area contributed by atoms with Gasteiger partial charge in [0.05, 0.1) is 12.1 Å². The van der Waals surface area contributed by atoms with Gasteiger partial charge in [-0.05, 0) is 113 Å². The Hall–Kier alpha value is -3.65. The van der Waals surface area contributed by atoms with Gasteiger partial charge in [-0.25, -0.2) is 9.78 Å². The topological polar surface area (TPSA) is 67.8 Å². The lowest BCUT2D eigenvalue weighted by molar-refractivity contribution is -0.000908. The van der Waals surface area contributed by atoms with Crippen molar-refractivity contribution in [3.8, 4) is 0 Å². The molecule has 4 aliphatic carbocycles. The molecule has 8 nitrogen and oxygen atoms in total. The standard InChI is InChI=1S/C35H43N7O/c1-23-4-9-31(24(2)14-23)41-22-28-21-36-33(37-29-5-7-30(8-6-29)40-12-10-39(3)11-13-40)38-32(28)42(34(41)43)35-18-25-15-26(19-35)17-27(16-25)20-35/h4-9,14,21,25-27H,10-13,15-20,22H2,1-3H3,(H,36,37,38). The van der Waals surface area contributed by atoms with E-state index < -0.39 is 0 Å². The molecule has 4 saturated carbocycles. The molecule has 9 rings (SSSR count). The van der Waals surface area contributed by atoms with Crippen LogP contribution in [-0.4, -0.2) is 59.7 Å². The van der Waals surface area contributed by atoms with Crippen molar-refractivity contribution in [2.24, 2.45) is 17.8 Å². The van der Waals surface area contributed by atoms with E-state index in [9.17, 15) is 4.79 Å². The second-order valence-electron chi connectivity index (χ2n) is 14.1. The molecule has 5 fully saturated rings. The summed E-state index contributed by atoms with van der Waals surface area (Å²) in [4.78, 5) is 33.5. The fourth-order valence-electron chi connectivity index (χ4n) is 9.22. The van der Waals surface area contributed by atoms with Crippen LogP contribution in [0.25, 0.3) is 0 Å². The van der Waals surface area contributed by atoms with E-state index in [-0.39, 0.29) is 11.6 Å². The van der Waals surface area contributed by atoms with Gasteiger partial charge in [0.25, 0.3) is 0 Å². The maximum Gasteiger partial charge on any atom is 0.331 e. The first-order valence-electron chi connectivity index (χ1n) is 16.2. The van der Waals surface area contributed by atoms with E-state index in [2.05, 4.69) is 83.4 Å². The second kappa shape index (κ2) is 10.2. The average Bonchev–Trinajstić information content (AvgIpc) is 2.97. The number of aryl methyl sites for hydroxylation is 2. The summed E-state index contributed by atoms with van der Waals surface area (Å²) in [6, 6.07) is 15.0. The number of rotatable bonds is 5. The van der Waals surface area contributed by atoms with Gasteiger partial charge >= 0.3 is 6.03 Å². The van der Waals surface area contributed by atoms with Crippen LogP contribution in [0.1, 0.15) is 55.2 Å². The van der Waals surface area contributed by atoms with E-state index in [1.807, 2.05) is 11.1 Å². The number of carbonyl (C=O) groups is 1. The molecule has 0 atom stereocenters. The van der Waals surface area contributed by atoms with Crippen molar-refractivity contribution < 1.29 is 4.79 Å². The van der Waals surface area contributed by atoms with Crippen molar-refractivity contribution in [3.63, 3.8) is 0 Å². The number of nitrogens with one attached hydrogen (secondary N) is 1. The van der Waals surface area contributed by atoms with E-state index in [0.29, 0.717) is 12.5 Å². The van der Waals surface area contributed by atoms with Gasteiger partial charge < -0.3 is 15.1 Å². The van der Waals surface area contributed by atoms with E-state index in [1.54, 1.807) is 0 Å². The van der Waals surface area contributed by atoms with Crippen LogP contribution in [0.5, 0.6) is 0 Å². The molecule has 6 aliphatic rings. The zero-order chi connectivity index (χ0) is 29.3. The van der Waals surface area contributed by atoms with Crippen molar-refractivity contribution in [2.75, 3.05) is 53.2 Å². The molecule has 1 aromatic heterocycles. The van der Waals surface area contributed by atoms with Gasteiger partial charge in [-0.2, -0.15) is 4.98 Å². The van der Waals surface area contributed by atoms with E-state index >= 15 is 0 Å². The molecule has 0 spiro atoms. The second-order valence-corrected chi connectivity index (χ2v) is 14.1. The molecular weight excluding hydrogens is 534 g/mol. The number of likely N-dealkylation sites (N-methyl/N-ethyl adjacent to an activating group) is 1. The highest BCUT2D eigenvalue weighted by molar-refractivity contribution is 6.07. The van der Waals surface area contributed by atoms with Crippen LogP contribution >= 0.6 is 0 Å². The molecule has 3 aromatic rings. The van der Waals surface area contributed by atoms with Gasteiger partial charge in [0, 0.05) is 55.0 Å². The highest BCUT2D eigenvalue weighted by atomic mass is 16.2. The van der Waals surface area contributed by atoms with Gasteiger partial charge in [-0.1, -0.05) is 17.7 Å². The molecular formula is C35H43N7O. The van der Waals surface area contributed by atoms with E-state index in [1.165, 1.54) is 30.5 Å². The maximum absolute atomic E-state index is 14.7. The molecule has 2 amide bonds. The van der Waals surface area contributed by atoms with Crippen LogP contribution in [0.3, 0.4) is 0 Å². The Morgan fingerprint density at radius 1 is 0.884 bits per heavy atom. The lowest BCUT2D eigenvalue weighted by atomic mass is 9.52. The Labute approximate surface area is 255 Å². The quantitative estimate of drug-likeness (QED) is 0.373. The van der Waals surface area contributed by atoms with Crippen molar-refractivity contribution in [1.29, 1.82) is 0 Å². The summed E-state index contributed by atoms with van der Waals surface area (Å²) < 4.78 is 0. The first-order chi connectivity index (χ1) is 20.8. The summed E-state index contributed by atoms with van der Waals surface area (Å²) in [7, 11) is 2.18. The first kappa shape index (κ1) is 26.9. The molecule has 3 heterocycles. The normalized spacial score (nSPS) is 28.4. The molecule has 0 unspecified atom stereocenters. The van der Waals surface area contributed by atoms with E-state index in [0.717, 1.165) is 91.5 Å². The summed E-state index contributed by atoms with van der Waals surface area (Å²) >= 11 is 0. The summed E-state index contributed by atoms with van der Waals surface area (Å²) in [5.41, 5.74) is 6.38. The summed E-state index contributed by atoms with van der Waals surface area (Å²) in [6.45, 7) is 8.97. The summed E-state index contributed by atoms with van der Waals surface area (Å²) in [5.74, 6) is 3.51. The molecule has 2 aliphatic heterocycles. The number of urea groups is 1. The number of benzene rings is 2. The lowest BCUT2D eigenvalue weighted by Crippen LogP contribution is -2.65. The predicted octanol–water partition coefficient (Wildman–Crippen LogP) is 6.50. The zero-order valence-electron chi connectivity index (χ0n) is 25.7. The van der Waals surface area contributed by atoms with Crippen molar-refractivity contribution in [3.05, 3.63) is 65.4 Å². The van der Waals surface area contributed by atoms with Gasteiger partial charge in [-0.3, -0.25) is 9.80 Å². The number of anilines is 5. The SMILES string of the molecule is Cc1ccc(N2Cc3cnc(Nc4ccc(N5CCN(C)CC5)cc4)nc3N(C34CC5CC(CC(C5)C3)C4)C2=O)c(C)c1. The van der Waals surface area contributed by atoms with Crippen molar-refractivity contribution >= 4 is 34.9 Å². The summed E-state index contributed by atoms with van der Waals surface area (Å²) in [5, 5.41) is 3.46. The van der Waals surface area contributed by atoms with Crippen LogP contribution in [0.2, 0.25) is 0 Å². The number of hydrogen-bond donors (Lipinski definition) is 1. The molecule has 4 bridgehead atoms. The van der Waals surface area contributed by atoms with E-state index in [4.69, 9.17) is 9.97 Å². The fraction of sp³-hybridized carbons (Fsp3) is 0.514. The maximum atomic E-state index is 14.7. The van der Waals surface area contributed by atoms with Gasteiger partial charge in [0.2, 0.25) is 5.95 Å². The van der Waals surface area contributed by atoms with Crippen molar-refractivity contribution in [1.82, 2.24) is 14.9 Å². The highest BCUT2D eigenvalue weighted by Gasteiger charge is 2.57.